The van der Waals surface area contributed by atoms with Crippen LogP contribution in [0.1, 0.15) is 38.3 Å². The quantitative estimate of drug-likeness (QED) is 0.761. The lowest BCUT2D eigenvalue weighted by atomic mass is 9.87. The third kappa shape index (κ3) is 5.28. The molecule has 0 amide bonds. The molecule has 0 radical (unpaired) electrons. The van der Waals surface area contributed by atoms with Gasteiger partial charge in [0, 0.05) is 12.1 Å². The zero-order chi connectivity index (χ0) is 19.3. The minimum Gasteiger partial charge on any atom is -0.475 e. The molecule has 1 fully saturated rings. The topological polar surface area (TPSA) is 80.3 Å². The molecular weight excluding hydrogens is 362 g/mol. The van der Waals surface area contributed by atoms with Gasteiger partial charge >= 0.3 is 0 Å². The third-order valence-corrected chi connectivity index (χ3v) is 6.10. The molecule has 3 rings (SSSR count). The molecule has 1 atom stereocenters. The zero-order valence-electron chi connectivity index (χ0n) is 15.8. The molecule has 1 aliphatic rings. The number of nitrogens with one attached hydrogen (secondary N) is 2. The zero-order valence-corrected chi connectivity index (χ0v) is 16.6. The summed E-state index contributed by atoms with van der Waals surface area (Å²) in [4.78, 5) is 4.27. The summed E-state index contributed by atoms with van der Waals surface area (Å²) in [6.07, 6.45) is 3.20. The van der Waals surface area contributed by atoms with Crippen molar-refractivity contribution in [2.75, 3.05) is 13.1 Å². The van der Waals surface area contributed by atoms with Gasteiger partial charge in [-0.1, -0.05) is 30.3 Å². The van der Waals surface area contributed by atoms with Gasteiger partial charge in [-0.3, -0.25) is 0 Å². The maximum absolute atomic E-state index is 13.0. The largest absolute Gasteiger partial charge is 0.475 e. The average Bonchev–Trinajstić information content (AvgIpc) is 2.67. The highest BCUT2D eigenvalue weighted by Crippen LogP contribution is 2.30. The van der Waals surface area contributed by atoms with Gasteiger partial charge in [0.2, 0.25) is 15.9 Å². The first-order valence-electron chi connectivity index (χ1n) is 9.36. The fraction of sp³-hybridized carbons (Fsp3) is 0.450. The summed E-state index contributed by atoms with van der Waals surface area (Å²) in [5.41, 5.74) is 0.987. The second kappa shape index (κ2) is 8.82. The molecule has 2 aromatic rings. The van der Waals surface area contributed by atoms with Crippen LogP contribution in [0.2, 0.25) is 0 Å². The predicted molar refractivity (Wildman–Crippen MR) is 105 cm³/mol. The summed E-state index contributed by atoms with van der Waals surface area (Å²) in [7, 11) is -3.69. The summed E-state index contributed by atoms with van der Waals surface area (Å²) in [6, 6.07) is 12.7. The standard InChI is InChI=1S/C20H27N3O3S/c1-15(2)26-19-9-8-18(14-22-19)27(24,25)23-20(16-6-4-3-5-7-16)17-10-12-21-13-11-17/h3-9,14-15,17,20-21,23H,10-13H2,1-2H3/t20-/m1/s1. The summed E-state index contributed by atoms with van der Waals surface area (Å²) in [5, 5.41) is 3.34. The van der Waals surface area contributed by atoms with Gasteiger partial charge < -0.3 is 10.1 Å². The Balaban J connectivity index is 1.83. The number of hydrogen-bond donors (Lipinski definition) is 2. The van der Waals surface area contributed by atoms with Gasteiger partial charge in [0.15, 0.2) is 0 Å². The lowest BCUT2D eigenvalue weighted by Gasteiger charge is -2.31. The summed E-state index contributed by atoms with van der Waals surface area (Å²) >= 11 is 0. The van der Waals surface area contributed by atoms with Crippen LogP contribution in [-0.2, 0) is 10.0 Å². The monoisotopic (exact) mass is 389 g/mol. The number of piperidine rings is 1. The van der Waals surface area contributed by atoms with Crippen molar-refractivity contribution in [2.24, 2.45) is 5.92 Å². The van der Waals surface area contributed by atoms with Crippen molar-refractivity contribution in [3.63, 3.8) is 0 Å². The Morgan fingerprint density at radius 2 is 1.81 bits per heavy atom. The fourth-order valence-corrected chi connectivity index (χ4v) is 4.58. The lowest BCUT2D eigenvalue weighted by Crippen LogP contribution is -2.38. The van der Waals surface area contributed by atoms with Crippen LogP contribution in [0, 0.1) is 5.92 Å². The van der Waals surface area contributed by atoms with E-state index in [1.54, 1.807) is 6.07 Å². The number of hydrogen-bond acceptors (Lipinski definition) is 5. The Kier molecular flexibility index (Phi) is 6.46. The van der Waals surface area contributed by atoms with E-state index in [4.69, 9.17) is 4.74 Å². The minimum atomic E-state index is -3.69. The van der Waals surface area contributed by atoms with E-state index in [1.807, 2.05) is 44.2 Å². The normalized spacial score (nSPS) is 17.0. The van der Waals surface area contributed by atoms with Crippen molar-refractivity contribution in [1.82, 2.24) is 15.0 Å². The molecule has 6 nitrogen and oxygen atoms in total. The number of ether oxygens (including phenoxy) is 1. The van der Waals surface area contributed by atoms with E-state index >= 15 is 0 Å². The van der Waals surface area contributed by atoms with E-state index in [9.17, 15) is 8.42 Å². The second-order valence-corrected chi connectivity index (χ2v) is 8.81. The predicted octanol–water partition coefficient (Wildman–Crippen LogP) is 2.89. The van der Waals surface area contributed by atoms with Crippen molar-refractivity contribution in [1.29, 1.82) is 0 Å². The Morgan fingerprint density at radius 1 is 1.11 bits per heavy atom. The first-order valence-corrected chi connectivity index (χ1v) is 10.8. The van der Waals surface area contributed by atoms with Crippen LogP contribution in [0.15, 0.2) is 53.6 Å². The van der Waals surface area contributed by atoms with Crippen LogP contribution in [-0.4, -0.2) is 32.6 Å². The van der Waals surface area contributed by atoms with Crippen molar-refractivity contribution < 1.29 is 13.2 Å². The molecule has 0 spiro atoms. The fourth-order valence-electron chi connectivity index (χ4n) is 3.35. The third-order valence-electron chi connectivity index (χ3n) is 4.67. The van der Waals surface area contributed by atoms with E-state index in [0.29, 0.717) is 5.88 Å². The molecule has 7 heteroatoms. The smallest absolute Gasteiger partial charge is 0.242 e. The number of aromatic nitrogens is 1. The highest BCUT2D eigenvalue weighted by molar-refractivity contribution is 7.89. The van der Waals surface area contributed by atoms with Gasteiger partial charge in [0.25, 0.3) is 0 Å². The molecular formula is C20H27N3O3S. The second-order valence-electron chi connectivity index (χ2n) is 7.10. The molecule has 1 aromatic carbocycles. The molecule has 27 heavy (non-hydrogen) atoms. The van der Waals surface area contributed by atoms with Gasteiger partial charge in [-0.05, 0) is 57.3 Å². The molecule has 1 aliphatic heterocycles. The average molecular weight is 390 g/mol. The first kappa shape index (κ1) is 19.8. The van der Waals surface area contributed by atoms with Gasteiger partial charge in [-0.15, -0.1) is 0 Å². The maximum Gasteiger partial charge on any atom is 0.242 e. The first-order chi connectivity index (χ1) is 13.0. The molecule has 0 bridgehead atoms. The summed E-state index contributed by atoms with van der Waals surface area (Å²) < 4.78 is 34.4. The van der Waals surface area contributed by atoms with Gasteiger partial charge in [-0.2, -0.15) is 0 Å². The molecule has 146 valence electrons. The Morgan fingerprint density at radius 3 is 2.41 bits per heavy atom. The van der Waals surface area contributed by atoms with E-state index in [-0.39, 0.29) is 23.0 Å². The number of sulfonamides is 1. The van der Waals surface area contributed by atoms with Crippen LogP contribution in [0.3, 0.4) is 0 Å². The van der Waals surface area contributed by atoms with Crippen molar-refractivity contribution in [3.8, 4) is 5.88 Å². The van der Waals surface area contributed by atoms with Crippen LogP contribution in [0.4, 0.5) is 0 Å². The van der Waals surface area contributed by atoms with Crippen molar-refractivity contribution in [3.05, 3.63) is 54.2 Å². The molecule has 0 aliphatic carbocycles. The van der Waals surface area contributed by atoms with Crippen LogP contribution >= 0.6 is 0 Å². The van der Waals surface area contributed by atoms with Gasteiger partial charge in [-0.25, -0.2) is 18.1 Å². The SMILES string of the molecule is CC(C)Oc1ccc(S(=O)(=O)N[C@H](c2ccccc2)C2CCNCC2)cn1. The molecule has 2 heterocycles. The molecule has 0 saturated carbocycles. The maximum atomic E-state index is 13.0. The lowest BCUT2D eigenvalue weighted by molar-refractivity contribution is 0.232. The van der Waals surface area contributed by atoms with Crippen molar-refractivity contribution in [2.45, 2.75) is 43.7 Å². The van der Waals surface area contributed by atoms with E-state index in [1.165, 1.54) is 12.3 Å². The van der Waals surface area contributed by atoms with Crippen LogP contribution in [0.5, 0.6) is 5.88 Å². The number of benzene rings is 1. The molecule has 2 N–H and O–H groups in total. The van der Waals surface area contributed by atoms with Gasteiger partial charge in [0.1, 0.15) is 4.90 Å². The van der Waals surface area contributed by atoms with Gasteiger partial charge in [0.05, 0.1) is 12.3 Å². The summed E-state index contributed by atoms with van der Waals surface area (Å²) in [6.45, 7) is 5.60. The number of rotatable bonds is 7. The van der Waals surface area contributed by atoms with E-state index in [0.717, 1.165) is 31.5 Å². The summed E-state index contributed by atoms with van der Waals surface area (Å²) in [5.74, 6) is 0.668. The van der Waals surface area contributed by atoms with Crippen LogP contribution in [0.25, 0.3) is 0 Å². The highest BCUT2D eigenvalue weighted by Gasteiger charge is 2.29. The Hall–Kier alpha value is -1.96. The van der Waals surface area contributed by atoms with Crippen LogP contribution < -0.4 is 14.8 Å². The molecule has 1 aromatic heterocycles. The van der Waals surface area contributed by atoms with E-state index in [2.05, 4.69) is 15.0 Å². The van der Waals surface area contributed by atoms with E-state index < -0.39 is 10.0 Å². The minimum absolute atomic E-state index is 0.0135. The van der Waals surface area contributed by atoms with Crippen molar-refractivity contribution >= 4 is 10.0 Å². The molecule has 1 saturated heterocycles. The highest BCUT2D eigenvalue weighted by atomic mass is 32.2. The number of nitrogens with zero attached hydrogens (tertiary/aromatic N) is 1. The number of pyridine rings is 1. The Labute approximate surface area is 161 Å². The Bertz CT molecular complexity index is 817. The molecule has 0 unspecified atom stereocenters.